The predicted octanol–water partition coefficient (Wildman–Crippen LogP) is 9.46. The second-order valence-corrected chi connectivity index (χ2v) is 16.6. The van der Waals surface area contributed by atoms with Crippen LogP contribution in [-0.2, 0) is 34.9 Å². The monoisotopic (exact) mass is 937 g/mol. The molecule has 1 fully saturated rings. The smallest absolute Gasteiger partial charge is 0.312 e. The van der Waals surface area contributed by atoms with Crippen LogP contribution in [0.1, 0.15) is 58.9 Å². The molecule has 1 saturated heterocycles. The molecule has 70 heavy (non-hydrogen) atoms. The first-order chi connectivity index (χ1) is 34.1. The van der Waals surface area contributed by atoms with Gasteiger partial charge in [-0.25, -0.2) is 4.98 Å². The number of halogens is 1. The van der Waals surface area contributed by atoms with Crippen molar-refractivity contribution < 1.29 is 42.8 Å². The van der Waals surface area contributed by atoms with E-state index in [4.69, 9.17) is 35.1 Å². The van der Waals surface area contributed by atoms with Crippen molar-refractivity contribution in [2.45, 2.75) is 48.3 Å². The van der Waals surface area contributed by atoms with Crippen LogP contribution in [0.4, 0.5) is 10.2 Å². The Labute approximate surface area is 403 Å². The van der Waals surface area contributed by atoms with Crippen LogP contribution >= 0.6 is 0 Å². The molecule has 0 saturated carbocycles. The number of esters is 1. The van der Waals surface area contributed by atoms with Gasteiger partial charge < -0.3 is 34.1 Å². The maximum Gasteiger partial charge on any atom is 0.312 e. The van der Waals surface area contributed by atoms with Gasteiger partial charge in [-0.05, 0) is 57.6 Å². The minimum atomic E-state index is -1.81. The van der Waals surface area contributed by atoms with E-state index in [1.54, 1.807) is 18.8 Å². The molecule has 13 nitrogen and oxygen atoms in total. The Morgan fingerprint density at radius 1 is 0.743 bits per heavy atom. The Bertz CT molecular complexity index is 3040. The largest absolute Gasteiger partial charge is 0.497 e. The number of benzene rings is 6. The third-order valence-corrected chi connectivity index (χ3v) is 12.6. The fourth-order valence-corrected chi connectivity index (χ4v) is 9.21. The van der Waals surface area contributed by atoms with E-state index in [2.05, 4.69) is 21.2 Å². The summed E-state index contributed by atoms with van der Waals surface area (Å²) in [5.74, 6) is 2.17. The number of hydrogen-bond donors (Lipinski definition) is 2. The number of carbonyl (C=O) groups excluding carboxylic acids is 1. The maximum absolute atomic E-state index is 16.3. The number of imidazole rings is 1. The highest BCUT2D eigenvalue weighted by Gasteiger charge is 2.55. The third-order valence-electron chi connectivity index (χ3n) is 12.6. The van der Waals surface area contributed by atoms with E-state index in [0.717, 1.165) is 27.8 Å². The van der Waals surface area contributed by atoms with Crippen LogP contribution in [0.15, 0.2) is 176 Å². The minimum Gasteiger partial charge on any atom is -0.497 e. The van der Waals surface area contributed by atoms with E-state index in [9.17, 15) is 14.7 Å². The molecule has 0 aliphatic carbocycles. The van der Waals surface area contributed by atoms with E-state index in [0.29, 0.717) is 17.1 Å². The van der Waals surface area contributed by atoms with E-state index in [1.165, 1.54) is 6.33 Å². The molecule has 0 unspecified atom stereocenters. The fraction of sp³-hybridized carbons (Fsp3) is 0.196. The highest BCUT2D eigenvalue weighted by atomic mass is 19.1. The number of carboxylic acids is 1. The van der Waals surface area contributed by atoms with Crippen molar-refractivity contribution in [2.75, 3.05) is 26.1 Å². The number of carboxylic acid groups (broad SMARTS) is 1. The molecule has 2 N–H and O–H groups in total. The zero-order valence-corrected chi connectivity index (χ0v) is 38.3. The van der Waals surface area contributed by atoms with Crippen LogP contribution in [0.5, 0.6) is 11.5 Å². The lowest BCUT2D eigenvalue weighted by Crippen LogP contribution is -2.49. The zero-order chi connectivity index (χ0) is 48.7. The van der Waals surface area contributed by atoms with Crippen molar-refractivity contribution in [3.05, 3.63) is 216 Å². The first-order valence-electron chi connectivity index (χ1n) is 22.5. The molecule has 9 rings (SSSR count). The number of rotatable bonds is 18. The number of aliphatic carboxylic acids is 1. The molecule has 2 aromatic heterocycles. The summed E-state index contributed by atoms with van der Waals surface area (Å²) in [5.41, 5.74) is 0.612. The standard InChI is InChI=1S/C56H48FN5O8/c1-4-54(36-68-49(65)34-33-48(63)64)46(69-56(41-21-13-7-14-22-41,42-23-15-8-16-24-42)43-27-31-45(67-3)32-28-43)35-47(70-54)62-37-58-50-51(59-53(57)60-52(50)62)61-55(38-17-9-5-10-18-38,39-19-11-6-12-20-39)40-25-29-44(66-2)30-26-40/h1,5-32,37,46-47H,33-36H2,2-3H3,(H,63,64)(H,59,60,61)/t46-,47+,54+/m0/s1. The summed E-state index contributed by atoms with van der Waals surface area (Å²) in [6.45, 7) is -0.521. The van der Waals surface area contributed by atoms with E-state index in [1.807, 2.05) is 170 Å². The highest BCUT2D eigenvalue weighted by Crippen LogP contribution is 2.49. The van der Waals surface area contributed by atoms with Crippen LogP contribution in [-0.4, -0.2) is 69.1 Å². The molecule has 1 aliphatic rings. The van der Waals surface area contributed by atoms with Gasteiger partial charge in [-0.3, -0.25) is 14.2 Å². The molecule has 0 spiro atoms. The first-order valence-corrected chi connectivity index (χ1v) is 22.5. The summed E-state index contributed by atoms with van der Waals surface area (Å²) >= 11 is 0. The van der Waals surface area contributed by atoms with Crippen molar-refractivity contribution in [2.24, 2.45) is 0 Å². The Balaban J connectivity index is 1.18. The third kappa shape index (κ3) is 8.91. The number of nitrogens with zero attached hydrogens (tertiary/aromatic N) is 4. The Hall–Kier alpha value is -8.38. The Kier molecular flexibility index (Phi) is 13.4. The molecule has 6 aromatic carbocycles. The average Bonchev–Trinajstić information content (AvgIpc) is 4.00. The van der Waals surface area contributed by atoms with Crippen LogP contribution in [0.2, 0.25) is 0 Å². The number of methoxy groups -OCH3 is 2. The van der Waals surface area contributed by atoms with Gasteiger partial charge in [0.15, 0.2) is 22.6 Å². The lowest BCUT2D eigenvalue weighted by atomic mass is 9.77. The summed E-state index contributed by atoms with van der Waals surface area (Å²) in [6, 6.07) is 53.8. The van der Waals surface area contributed by atoms with Gasteiger partial charge in [0.05, 0.1) is 33.4 Å². The number of anilines is 1. The maximum atomic E-state index is 16.3. The topological polar surface area (TPSA) is 156 Å². The summed E-state index contributed by atoms with van der Waals surface area (Å²) in [4.78, 5) is 38.0. The van der Waals surface area contributed by atoms with Gasteiger partial charge in [-0.15, -0.1) is 6.42 Å². The molecule has 1 aliphatic heterocycles. The van der Waals surface area contributed by atoms with Crippen molar-refractivity contribution in [1.82, 2.24) is 19.5 Å². The predicted molar refractivity (Wildman–Crippen MR) is 259 cm³/mol. The lowest BCUT2D eigenvalue weighted by Gasteiger charge is -2.41. The molecular weight excluding hydrogens is 890 g/mol. The van der Waals surface area contributed by atoms with Crippen molar-refractivity contribution in [1.29, 1.82) is 0 Å². The van der Waals surface area contributed by atoms with Crippen LogP contribution in [0.3, 0.4) is 0 Å². The minimum absolute atomic E-state index is 0.0120. The van der Waals surface area contributed by atoms with Crippen molar-refractivity contribution in [3.8, 4) is 23.8 Å². The number of hydrogen-bond acceptors (Lipinski definition) is 11. The SMILES string of the molecule is C#C[C@]1(COC(=O)CCC(=O)O)O[C@@H](n2cnc3c(NC(c4ccccc4)(c4ccccc4)c4ccc(OC)cc4)nc(F)nc32)C[C@@H]1OC(c1ccccc1)(c1ccccc1)c1ccc(OC)cc1. The van der Waals surface area contributed by atoms with Gasteiger partial charge in [0.2, 0.25) is 0 Å². The van der Waals surface area contributed by atoms with Gasteiger partial charge in [-0.2, -0.15) is 14.4 Å². The molecule has 14 heteroatoms. The van der Waals surface area contributed by atoms with Gasteiger partial charge in [-0.1, -0.05) is 152 Å². The number of carbonyl (C=O) groups is 2. The molecule has 3 heterocycles. The summed E-state index contributed by atoms with van der Waals surface area (Å²) in [7, 11) is 3.18. The van der Waals surface area contributed by atoms with Gasteiger partial charge in [0, 0.05) is 6.42 Å². The molecule has 0 radical (unpaired) electrons. The first kappa shape index (κ1) is 46.7. The van der Waals surface area contributed by atoms with Crippen molar-refractivity contribution in [3.63, 3.8) is 0 Å². The fourth-order valence-electron chi connectivity index (χ4n) is 9.21. The molecular formula is C56H48FN5O8. The second kappa shape index (κ2) is 20.1. The van der Waals surface area contributed by atoms with Crippen LogP contribution in [0, 0.1) is 18.4 Å². The Morgan fingerprint density at radius 2 is 1.23 bits per heavy atom. The molecule has 0 amide bonds. The van der Waals surface area contributed by atoms with Gasteiger partial charge >= 0.3 is 18.0 Å². The van der Waals surface area contributed by atoms with Crippen LogP contribution in [0.25, 0.3) is 11.2 Å². The molecule has 0 bridgehead atoms. The summed E-state index contributed by atoms with van der Waals surface area (Å²) in [5, 5.41) is 13.0. The average molecular weight is 938 g/mol. The second-order valence-electron chi connectivity index (χ2n) is 16.6. The number of fused-ring (bicyclic) bond motifs is 1. The normalized spacial score (nSPS) is 16.8. The van der Waals surface area contributed by atoms with Crippen molar-refractivity contribution >= 4 is 28.9 Å². The summed E-state index contributed by atoms with van der Waals surface area (Å²) in [6.07, 6.45) is 3.95. The quantitative estimate of drug-likeness (QED) is 0.0364. The zero-order valence-electron chi connectivity index (χ0n) is 38.3. The summed E-state index contributed by atoms with van der Waals surface area (Å²) < 4.78 is 49.1. The van der Waals surface area contributed by atoms with Gasteiger partial charge in [0.1, 0.15) is 41.6 Å². The highest BCUT2D eigenvalue weighted by molar-refractivity contribution is 5.84. The van der Waals surface area contributed by atoms with E-state index >= 15 is 4.39 Å². The lowest BCUT2D eigenvalue weighted by molar-refractivity contribution is -0.166. The van der Waals surface area contributed by atoms with E-state index in [-0.39, 0.29) is 23.4 Å². The molecule has 8 aromatic rings. The number of terminal acetylenes is 1. The van der Waals surface area contributed by atoms with E-state index < -0.39 is 66.5 Å². The Morgan fingerprint density at radius 3 is 1.73 bits per heavy atom. The van der Waals surface area contributed by atoms with Crippen LogP contribution < -0.4 is 14.8 Å². The number of nitrogens with one attached hydrogen (secondary N) is 1. The molecule has 3 atom stereocenters. The number of aromatic nitrogens is 4. The van der Waals surface area contributed by atoms with Gasteiger partial charge in [0.25, 0.3) is 0 Å². The molecule has 352 valence electrons. The number of ether oxygens (including phenoxy) is 5.